The van der Waals surface area contributed by atoms with Gasteiger partial charge in [0.05, 0.1) is 21.8 Å². The number of nitrogens with zero attached hydrogens (tertiary/aromatic N) is 4. The van der Waals surface area contributed by atoms with Crippen molar-refractivity contribution in [2.75, 3.05) is 10.6 Å². The van der Waals surface area contributed by atoms with E-state index in [1.165, 1.54) is 73.7 Å². The number of urea groups is 1. The minimum Gasteiger partial charge on any atom is -0.505 e. The monoisotopic (exact) mass is 850 g/mol. The summed E-state index contributed by atoms with van der Waals surface area (Å²) in [5, 5.41) is 51.4. The Kier molecular flexibility index (Phi) is 10.7. The molecule has 0 aliphatic heterocycles. The molecule has 20 nitrogen and oxygen atoms in total. The summed E-state index contributed by atoms with van der Waals surface area (Å²) in [5.74, 6) is -2.60. The molecular weight excluding hydrogens is 825 g/mol. The summed E-state index contributed by atoms with van der Waals surface area (Å²) in [6.45, 7) is 1.43. The highest BCUT2D eigenvalue weighted by molar-refractivity contribution is 7.86. The van der Waals surface area contributed by atoms with Crippen LogP contribution in [0.3, 0.4) is 0 Å². The number of phenols is 2. The van der Waals surface area contributed by atoms with Gasteiger partial charge < -0.3 is 26.0 Å². The van der Waals surface area contributed by atoms with E-state index < -0.39 is 79.9 Å². The number of rotatable bonds is 10. The molecule has 0 aromatic heterocycles. The number of azo groups is 2. The predicted molar refractivity (Wildman–Crippen MR) is 206 cm³/mol. The van der Waals surface area contributed by atoms with Crippen LogP contribution in [0.1, 0.15) is 15.9 Å². The van der Waals surface area contributed by atoms with E-state index in [9.17, 15) is 58.7 Å². The molecule has 0 saturated carbocycles. The Morgan fingerprint density at radius 1 is 0.569 bits per heavy atom. The Morgan fingerprint density at radius 2 is 1.05 bits per heavy atom. The van der Waals surface area contributed by atoms with Gasteiger partial charge in [0.2, 0.25) is 0 Å². The zero-order valence-electron chi connectivity index (χ0n) is 29.1. The van der Waals surface area contributed by atoms with Crippen LogP contribution < -0.4 is 10.6 Å². The minimum absolute atomic E-state index is 0.0136. The Labute approximate surface area is 327 Å². The van der Waals surface area contributed by atoms with E-state index in [0.29, 0.717) is 0 Å². The Hall–Kier alpha value is -6.89. The van der Waals surface area contributed by atoms with E-state index in [1.54, 1.807) is 0 Å². The highest BCUT2D eigenvalue weighted by Gasteiger charge is 2.24. The molecular formula is C35H26N6O14S3. The molecule has 0 atom stereocenters. The van der Waals surface area contributed by atoms with Gasteiger partial charge in [0.1, 0.15) is 21.2 Å². The first-order valence-electron chi connectivity index (χ1n) is 16.0. The van der Waals surface area contributed by atoms with Crippen LogP contribution in [0.4, 0.5) is 38.9 Å². The number of carboxylic acids is 1. The number of carboxylic acid groups (broad SMARTS) is 1. The van der Waals surface area contributed by atoms with Crippen LogP contribution in [0, 0.1) is 6.92 Å². The second-order valence-corrected chi connectivity index (χ2v) is 16.4. The maximum Gasteiger partial charge on any atom is 0.335 e. The van der Waals surface area contributed by atoms with Gasteiger partial charge in [-0.1, -0.05) is 0 Å². The van der Waals surface area contributed by atoms with Crippen LogP contribution in [0.15, 0.2) is 126 Å². The van der Waals surface area contributed by atoms with Gasteiger partial charge >= 0.3 is 12.0 Å². The minimum atomic E-state index is -5.05. The summed E-state index contributed by atoms with van der Waals surface area (Å²) in [6.07, 6.45) is 0. The van der Waals surface area contributed by atoms with Crippen LogP contribution >= 0.6 is 0 Å². The number of aromatic carboxylic acids is 1. The van der Waals surface area contributed by atoms with Crippen LogP contribution in [-0.4, -0.2) is 66.2 Å². The number of aryl methyl sites for hydroxylation is 1. The average Bonchev–Trinajstić information content (AvgIpc) is 3.13. The standard InChI is InChI=1S/C35H26N6O14S3/c1-17-12-24(56(47,48)49)8-11-27(17)39-41-31-29(58(53,54)55)16-20-14-23(7-10-26(20)33(31)43)37-35(46)36-22-6-9-25-19(13-22)15-28(57(50,51)52)30(32(25)42)40-38-21-4-2-18(3-5-21)34(44)45/h2-16,42-43H,1H3,(H,44,45)(H2,36,37,46)(H,47,48,49)(H,50,51,52)(H,53,54,55)/b40-38+,41-39+. The molecule has 0 heterocycles. The SMILES string of the molecule is Cc1cc(S(=O)(=O)O)ccc1/N=N/c1c(S(=O)(=O)O)cc2cc(NC(=O)Nc3ccc4c(O)c(/N=N/c5ccc(C(=O)O)cc5)c(S(=O)(=O)O)cc4c3)ccc2c1O. The van der Waals surface area contributed by atoms with Crippen molar-refractivity contribution in [3.05, 3.63) is 102 Å². The molecule has 0 bridgehead atoms. The fourth-order valence-corrected chi connectivity index (χ4v) is 7.40. The third-order valence-corrected chi connectivity index (χ3v) is 10.9. The van der Waals surface area contributed by atoms with Gasteiger partial charge in [-0.25, -0.2) is 9.59 Å². The molecule has 6 aromatic carbocycles. The van der Waals surface area contributed by atoms with Gasteiger partial charge in [-0.3, -0.25) is 13.7 Å². The third-order valence-electron chi connectivity index (χ3n) is 8.28. The predicted octanol–water partition coefficient (Wildman–Crippen LogP) is 7.63. The summed E-state index contributed by atoms with van der Waals surface area (Å²) in [6, 6.07) is 17.2. The summed E-state index contributed by atoms with van der Waals surface area (Å²) >= 11 is 0. The number of fused-ring (bicyclic) bond motifs is 2. The highest BCUT2D eigenvalue weighted by Crippen LogP contribution is 2.44. The second-order valence-electron chi connectivity index (χ2n) is 12.2. The van der Waals surface area contributed by atoms with E-state index in [-0.39, 0.29) is 55.4 Å². The molecule has 2 amide bonds. The third kappa shape index (κ3) is 8.73. The number of carbonyl (C=O) groups is 2. The van der Waals surface area contributed by atoms with E-state index in [2.05, 4.69) is 31.1 Å². The molecule has 6 rings (SSSR count). The average molecular weight is 851 g/mol. The van der Waals surface area contributed by atoms with E-state index in [4.69, 9.17) is 5.11 Å². The Bertz CT molecular complexity index is 3120. The highest BCUT2D eigenvalue weighted by atomic mass is 32.2. The number of carbonyl (C=O) groups excluding carboxylic acids is 1. The molecule has 0 unspecified atom stereocenters. The first-order valence-corrected chi connectivity index (χ1v) is 20.3. The van der Waals surface area contributed by atoms with Gasteiger partial charge in [-0.05, 0) is 114 Å². The van der Waals surface area contributed by atoms with Crippen molar-refractivity contribution in [1.82, 2.24) is 0 Å². The summed E-state index contributed by atoms with van der Waals surface area (Å²) in [5.41, 5.74) is -0.832. The molecule has 0 aliphatic rings. The van der Waals surface area contributed by atoms with Gasteiger partial charge in [-0.2, -0.15) is 35.5 Å². The molecule has 298 valence electrons. The largest absolute Gasteiger partial charge is 0.505 e. The molecule has 58 heavy (non-hydrogen) atoms. The molecule has 8 N–H and O–H groups in total. The number of nitrogens with one attached hydrogen (secondary N) is 2. The van der Waals surface area contributed by atoms with Crippen molar-refractivity contribution in [1.29, 1.82) is 0 Å². The maximum atomic E-state index is 13.0. The normalized spacial score (nSPS) is 12.4. The van der Waals surface area contributed by atoms with Gasteiger partial charge in [0.15, 0.2) is 11.5 Å². The van der Waals surface area contributed by atoms with Gasteiger partial charge in [-0.15, -0.1) is 10.2 Å². The lowest BCUT2D eigenvalue weighted by molar-refractivity contribution is 0.0696. The topological polar surface area (TPSA) is 331 Å². The zero-order valence-corrected chi connectivity index (χ0v) is 31.6. The number of benzene rings is 6. The van der Waals surface area contributed by atoms with Crippen molar-refractivity contribution in [3.63, 3.8) is 0 Å². The number of amides is 2. The Morgan fingerprint density at radius 3 is 1.48 bits per heavy atom. The van der Waals surface area contributed by atoms with Crippen LogP contribution in [0.2, 0.25) is 0 Å². The van der Waals surface area contributed by atoms with Crippen LogP contribution in [0.5, 0.6) is 11.5 Å². The molecule has 0 aliphatic carbocycles. The smallest absolute Gasteiger partial charge is 0.335 e. The summed E-state index contributed by atoms with van der Waals surface area (Å²) in [7, 11) is -14.6. The van der Waals surface area contributed by atoms with Gasteiger partial charge in [0.25, 0.3) is 30.4 Å². The number of anilines is 2. The lowest BCUT2D eigenvalue weighted by atomic mass is 10.1. The van der Waals surface area contributed by atoms with E-state index in [0.717, 1.165) is 24.3 Å². The van der Waals surface area contributed by atoms with Crippen molar-refractivity contribution >= 4 is 98.0 Å². The quantitative estimate of drug-likeness (QED) is 0.0485. The van der Waals surface area contributed by atoms with Gasteiger partial charge in [0, 0.05) is 22.1 Å². The van der Waals surface area contributed by atoms with Crippen molar-refractivity contribution in [2.45, 2.75) is 21.6 Å². The first kappa shape index (κ1) is 40.8. The van der Waals surface area contributed by atoms with Crippen LogP contribution in [-0.2, 0) is 30.4 Å². The fourth-order valence-electron chi connectivity index (χ4n) is 5.52. The van der Waals surface area contributed by atoms with Crippen molar-refractivity contribution in [2.24, 2.45) is 20.5 Å². The first-order chi connectivity index (χ1) is 27.1. The molecule has 0 radical (unpaired) electrons. The van der Waals surface area contributed by atoms with E-state index in [1.807, 2.05) is 0 Å². The number of aromatic hydroxyl groups is 2. The lowest BCUT2D eigenvalue weighted by Gasteiger charge is -2.13. The Balaban J connectivity index is 1.26. The fraction of sp³-hybridized carbons (Fsp3) is 0.0286. The summed E-state index contributed by atoms with van der Waals surface area (Å²) in [4.78, 5) is 22.0. The zero-order chi connectivity index (χ0) is 42.3. The summed E-state index contributed by atoms with van der Waals surface area (Å²) < 4.78 is 101. The van der Waals surface area contributed by atoms with Crippen molar-refractivity contribution in [3.8, 4) is 11.5 Å². The molecule has 0 saturated heterocycles. The molecule has 0 spiro atoms. The number of hydrogen-bond acceptors (Lipinski definition) is 14. The van der Waals surface area contributed by atoms with Crippen LogP contribution in [0.25, 0.3) is 21.5 Å². The number of phenolic OH excluding ortho intramolecular Hbond substituents is 2. The van der Waals surface area contributed by atoms with Crippen molar-refractivity contribution < 1.29 is 63.8 Å². The maximum absolute atomic E-state index is 13.0. The molecule has 0 fully saturated rings. The molecule has 23 heteroatoms. The second kappa shape index (κ2) is 15.2. The molecule has 6 aromatic rings. The lowest BCUT2D eigenvalue weighted by Crippen LogP contribution is -2.19. The number of hydrogen-bond donors (Lipinski definition) is 8. The van der Waals surface area contributed by atoms with E-state index >= 15 is 0 Å².